The van der Waals surface area contributed by atoms with Gasteiger partial charge in [0.25, 0.3) is 5.56 Å². The zero-order valence-electron chi connectivity index (χ0n) is 18.2. The molecule has 5 rings (SSSR count). The van der Waals surface area contributed by atoms with E-state index >= 15 is 0 Å². The summed E-state index contributed by atoms with van der Waals surface area (Å²) < 4.78 is 8.04. The topological polar surface area (TPSA) is 86.1 Å². The maximum absolute atomic E-state index is 13.4. The summed E-state index contributed by atoms with van der Waals surface area (Å²) in [5, 5.41) is 4.34. The number of rotatable bonds is 7. The number of thioether (sulfide) groups is 1. The summed E-state index contributed by atoms with van der Waals surface area (Å²) in [6.07, 6.45) is 4.51. The third-order valence-corrected chi connectivity index (χ3v) is 7.75. The highest BCUT2D eigenvalue weighted by Gasteiger charge is 2.22. The molecule has 1 aliphatic heterocycles. The zero-order chi connectivity index (χ0) is 22.8. The third kappa shape index (κ3) is 4.66. The number of aromatic nitrogens is 3. The fourth-order valence-corrected chi connectivity index (χ4v) is 5.83. The molecule has 1 amide bonds. The van der Waals surface area contributed by atoms with Crippen molar-refractivity contribution in [2.75, 3.05) is 17.7 Å². The molecule has 0 unspecified atom stereocenters. The van der Waals surface area contributed by atoms with Crippen LogP contribution in [0, 0.1) is 0 Å². The molecular formula is C24H24N4O3S2. The van der Waals surface area contributed by atoms with E-state index < -0.39 is 0 Å². The van der Waals surface area contributed by atoms with E-state index in [1.165, 1.54) is 23.1 Å². The van der Waals surface area contributed by atoms with E-state index in [1.54, 1.807) is 10.8 Å². The quantitative estimate of drug-likeness (QED) is 0.310. The molecule has 7 nitrogen and oxygen atoms in total. The Bertz CT molecular complexity index is 1380. The first-order valence-electron chi connectivity index (χ1n) is 11.0. The second kappa shape index (κ2) is 9.62. The van der Waals surface area contributed by atoms with Gasteiger partial charge >= 0.3 is 0 Å². The summed E-state index contributed by atoms with van der Waals surface area (Å²) >= 11 is 2.64. The summed E-state index contributed by atoms with van der Waals surface area (Å²) in [6, 6.07) is 11.6. The van der Waals surface area contributed by atoms with Gasteiger partial charge in [-0.05, 0) is 49.1 Å². The standard InChI is InChI=1S/C24H24N4O3S2/c1-2-15-6-3-7-16(12-15)26-19(29)14-32-24-27-20-18-9-4-10-25-22(18)33-21(20)23(30)28(24)13-17-8-5-11-31-17/h3-4,6-7,9-10,12,17H,2,5,8,11,13-14H2,1H3,(H,26,29)/t17-/m1/s1. The summed E-state index contributed by atoms with van der Waals surface area (Å²) in [5.74, 6) is 0.0169. The molecule has 1 atom stereocenters. The second-order valence-corrected chi connectivity index (χ2v) is 9.91. The molecule has 1 aliphatic rings. The number of hydrogen-bond donors (Lipinski definition) is 1. The van der Waals surface area contributed by atoms with Gasteiger partial charge in [0.2, 0.25) is 5.91 Å². The lowest BCUT2D eigenvalue weighted by atomic mass is 10.1. The van der Waals surface area contributed by atoms with Gasteiger partial charge in [-0.25, -0.2) is 9.97 Å². The number of amides is 1. The molecule has 0 saturated carbocycles. The molecule has 1 N–H and O–H groups in total. The number of anilines is 1. The van der Waals surface area contributed by atoms with E-state index in [0.29, 0.717) is 28.5 Å². The zero-order valence-corrected chi connectivity index (χ0v) is 19.9. The number of nitrogens with one attached hydrogen (secondary N) is 1. The normalized spacial score (nSPS) is 16.0. The van der Waals surface area contributed by atoms with Crippen molar-refractivity contribution in [1.82, 2.24) is 14.5 Å². The van der Waals surface area contributed by atoms with Crippen LogP contribution in [0.4, 0.5) is 5.69 Å². The minimum atomic E-state index is -0.136. The van der Waals surface area contributed by atoms with Crippen LogP contribution in [0.1, 0.15) is 25.3 Å². The predicted octanol–water partition coefficient (Wildman–Crippen LogP) is 4.48. The van der Waals surface area contributed by atoms with Crippen LogP contribution in [-0.2, 0) is 22.5 Å². The number of hydrogen-bond acceptors (Lipinski definition) is 7. The number of thiophene rings is 1. The molecule has 0 radical (unpaired) electrons. The van der Waals surface area contributed by atoms with E-state index in [2.05, 4.69) is 17.2 Å². The molecule has 4 aromatic rings. The molecule has 0 bridgehead atoms. The highest BCUT2D eigenvalue weighted by Crippen LogP contribution is 2.31. The van der Waals surface area contributed by atoms with Crippen molar-refractivity contribution >= 4 is 55.1 Å². The van der Waals surface area contributed by atoms with Crippen molar-refractivity contribution in [3.63, 3.8) is 0 Å². The molecule has 0 spiro atoms. The Morgan fingerprint density at radius 1 is 1.33 bits per heavy atom. The molecule has 3 aromatic heterocycles. The molecule has 170 valence electrons. The SMILES string of the molecule is CCc1cccc(NC(=O)CSc2nc3c(sc4ncccc43)c(=O)n2C[C@H]2CCCO2)c1. The first-order chi connectivity index (χ1) is 16.1. The van der Waals surface area contributed by atoms with Crippen LogP contribution >= 0.6 is 23.1 Å². The third-order valence-electron chi connectivity index (χ3n) is 5.68. The lowest BCUT2D eigenvalue weighted by molar-refractivity contribution is -0.113. The van der Waals surface area contributed by atoms with E-state index in [1.807, 2.05) is 36.4 Å². The molecule has 9 heteroatoms. The van der Waals surface area contributed by atoms with Gasteiger partial charge < -0.3 is 10.1 Å². The number of pyridine rings is 1. The minimum absolute atomic E-state index is 0.0144. The van der Waals surface area contributed by atoms with E-state index in [4.69, 9.17) is 9.72 Å². The number of benzene rings is 1. The van der Waals surface area contributed by atoms with Crippen molar-refractivity contribution in [2.45, 2.75) is 44.0 Å². The second-order valence-electron chi connectivity index (χ2n) is 7.97. The van der Waals surface area contributed by atoms with Gasteiger partial charge in [0, 0.05) is 23.9 Å². The summed E-state index contributed by atoms with van der Waals surface area (Å²) in [7, 11) is 0. The van der Waals surface area contributed by atoms with Crippen LogP contribution in [-0.4, -0.2) is 38.9 Å². The van der Waals surface area contributed by atoms with Crippen molar-refractivity contribution in [3.05, 3.63) is 58.5 Å². The van der Waals surface area contributed by atoms with Crippen molar-refractivity contribution < 1.29 is 9.53 Å². The fourth-order valence-electron chi connectivity index (χ4n) is 4.00. The first-order valence-corrected chi connectivity index (χ1v) is 12.8. The lowest BCUT2D eigenvalue weighted by Crippen LogP contribution is -2.28. The van der Waals surface area contributed by atoms with Gasteiger partial charge in [0.1, 0.15) is 9.53 Å². The molecular weight excluding hydrogens is 456 g/mol. The molecule has 1 saturated heterocycles. The average Bonchev–Trinajstić information content (AvgIpc) is 3.48. The predicted molar refractivity (Wildman–Crippen MR) is 133 cm³/mol. The minimum Gasteiger partial charge on any atom is -0.376 e. The van der Waals surface area contributed by atoms with Crippen LogP contribution in [0.15, 0.2) is 52.5 Å². The van der Waals surface area contributed by atoms with Crippen molar-refractivity contribution in [3.8, 4) is 0 Å². The Hall–Kier alpha value is -2.75. The Balaban J connectivity index is 1.45. The fraction of sp³-hybridized carbons (Fsp3) is 0.333. The lowest BCUT2D eigenvalue weighted by Gasteiger charge is -2.15. The van der Waals surface area contributed by atoms with E-state index in [0.717, 1.165) is 40.7 Å². The molecule has 1 aromatic carbocycles. The van der Waals surface area contributed by atoms with Gasteiger partial charge in [-0.15, -0.1) is 11.3 Å². The van der Waals surface area contributed by atoms with Gasteiger partial charge in [-0.3, -0.25) is 14.2 Å². The Labute approximate surface area is 199 Å². The van der Waals surface area contributed by atoms with E-state index in [9.17, 15) is 9.59 Å². The highest BCUT2D eigenvalue weighted by molar-refractivity contribution is 7.99. The van der Waals surface area contributed by atoms with Gasteiger partial charge in [-0.1, -0.05) is 30.8 Å². The van der Waals surface area contributed by atoms with Gasteiger partial charge in [0.15, 0.2) is 5.16 Å². The van der Waals surface area contributed by atoms with E-state index in [-0.39, 0.29) is 23.3 Å². The van der Waals surface area contributed by atoms with Crippen LogP contribution in [0.3, 0.4) is 0 Å². The molecule has 1 fully saturated rings. The van der Waals surface area contributed by atoms with Crippen molar-refractivity contribution in [1.29, 1.82) is 0 Å². The van der Waals surface area contributed by atoms with Crippen LogP contribution < -0.4 is 10.9 Å². The number of carbonyl (C=O) groups excluding carboxylic acids is 1. The Morgan fingerprint density at radius 3 is 3.06 bits per heavy atom. The smallest absolute Gasteiger partial charge is 0.272 e. The van der Waals surface area contributed by atoms with Gasteiger partial charge in [-0.2, -0.15) is 0 Å². The summed E-state index contributed by atoms with van der Waals surface area (Å²) in [6.45, 7) is 3.23. The average molecular weight is 481 g/mol. The van der Waals surface area contributed by atoms with Gasteiger partial charge in [0.05, 0.1) is 23.9 Å². The van der Waals surface area contributed by atoms with Crippen LogP contribution in [0.25, 0.3) is 20.4 Å². The number of ether oxygens (including phenoxy) is 1. The van der Waals surface area contributed by atoms with Crippen molar-refractivity contribution in [2.24, 2.45) is 0 Å². The number of nitrogens with zero attached hydrogens (tertiary/aromatic N) is 3. The Kier molecular flexibility index (Phi) is 6.43. The molecule has 0 aliphatic carbocycles. The van der Waals surface area contributed by atoms with Crippen LogP contribution in [0.5, 0.6) is 0 Å². The highest BCUT2D eigenvalue weighted by atomic mass is 32.2. The maximum Gasteiger partial charge on any atom is 0.272 e. The monoisotopic (exact) mass is 480 g/mol. The summed E-state index contributed by atoms with van der Waals surface area (Å²) in [5.41, 5.74) is 2.48. The Morgan fingerprint density at radius 2 is 2.24 bits per heavy atom. The van der Waals surface area contributed by atoms with Crippen LogP contribution in [0.2, 0.25) is 0 Å². The number of carbonyl (C=O) groups is 1. The molecule has 4 heterocycles. The molecule has 33 heavy (non-hydrogen) atoms. The largest absolute Gasteiger partial charge is 0.376 e. The maximum atomic E-state index is 13.4. The summed E-state index contributed by atoms with van der Waals surface area (Å²) in [4.78, 5) is 36.1. The number of aryl methyl sites for hydroxylation is 1. The number of fused-ring (bicyclic) bond motifs is 3. The first kappa shape index (κ1) is 22.1.